The van der Waals surface area contributed by atoms with Gasteiger partial charge in [-0.25, -0.2) is 0 Å². The van der Waals surface area contributed by atoms with Crippen molar-refractivity contribution in [3.8, 4) is 0 Å². The Morgan fingerprint density at radius 2 is 1.81 bits per heavy atom. The van der Waals surface area contributed by atoms with Gasteiger partial charge in [0.05, 0.1) is 5.41 Å². The average Bonchev–Trinajstić information content (AvgIpc) is 3.38. The lowest BCUT2D eigenvalue weighted by molar-refractivity contribution is -0.138. The molecular formula is C20H38IN5O. The van der Waals surface area contributed by atoms with Crippen molar-refractivity contribution < 1.29 is 4.79 Å². The average molecular weight is 491 g/mol. The molecule has 0 spiro atoms. The first kappa shape index (κ1) is 22.7. The van der Waals surface area contributed by atoms with Crippen LogP contribution in [0.15, 0.2) is 4.99 Å². The van der Waals surface area contributed by atoms with Gasteiger partial charge in [0.25, 0.3) is 0 Å². The third-order valence-corrected chi connectivity index (χ3v) is 6.52. The number of aliphatic imine (C=N–C) groups is 1. The predicted molar refractivity (Wildman–Crippen MR) is 122 cm³/mol. The van der Waals surface area contributed by atoms with Crippen molar-refractivity contribution in [1.82, 2.24) is 20.0 Å². The van der Waals surface area contributed by atoms with E-state index in [0.717, 1.165) is 50.7 Å². The van der Waals surface area contributed by atoms with E-state index in [9.17, 15) is 4.79 Å². The number of hydrogen-bond acceptors (Lipinski definition) is 3. The van der Waals surface area contributed by atoms with Crippen LogP contribution in [-0.2, 0) is 4.79 Å². The topological polar surface area (TPSA) is 51.2 Å². The molecule has 0 aromatic carbocycles. The molecule has 156 valence electrons. The highest BCUT2D eigenvalue weighted by Gasteiger charge is 2.42. The zero-order chi connectivity index (χ0) is 18.6. The molecule has 3 aliphatic rings. The van der Waals surface area contributed by atoms with Crippen molar-refractivity contribution in [2.24, 2.45) is 16.3 Å². The normalized spacial score (nSPS) is 25.5. The molecule has 27 heavy (non-hydrogen) atoms. The maximum Gasteiger partial charge on any atom is 0.230 e. The fraction of sp³-hybridized carbons (Fsp3) is 0.900. The van der Waals surface area contributed by atoms with Gasteiger partial charge in [0.2, 0.25) is 5.91 Å². The van der Waals surface area contributed by atoms with Crippen LogP contribution in [0.25, 0.3) is 0 Å². The first-order valence-corrected chi connectivity index (χ1v) is 10.4. The van der Waals surface area contributed by atoms with E-state index in [4.69, 9.17) is 0 Å². The quantitative estimate of drug-likeness (QED) is 0.364. The monoisotopic (exact) mass is 491 g/mol. The Balaban J connectivity index is 0.00000261. The first-order valence-electron chi connectivity index (χ1n) is 10.4. The lowest BCUT2D eigenvalue weighted by atomic mass is 9.84. The summed E-state index contributed by atoms with van der Waals surface area (Å²) in [5, 5.41) is 3.56. The minimum Gasteiger partial charge on any atom is -0.355 e. The number of carbonyl (C=O) groups excluding carboxylic acids is 1. The lowest BCUT2D eigenvalue weighted by Crippen LogP contribution is -2.50. The van der Waals surface area contributed by atoms with Crippen LogP contribution in [0.3, 0.4) is 0 Å². The zero-order valence-electron chi connectivity index (χ0n) is 17.4. The summed E-state index contributed by atoms with van der Waals surface area (Å²) in [6.45, 7) is 6.66. The number of likely N-dealkylation sites (tertiary alicyclic amines) is 2. The molecule has 3 fully saturated rings. The fourth-order valence-electron chi connectivity index (χ4n) is 5.08. The number of amides is 1. The van der Waals surface area contributed by atoms with Crippen molar-refractivity contribution in [1.29, 1.82) is 0 Å². The van der Waals surface area contributed by atoms with Crippen LogP contribution in [0.4, 0.5) is 0 Å². The molecule has 3 rings (SSSR count). The van der Waals surface area contributed by atoms with E-state index in [1.165, 1.54) is 38.9 Å². The molecule has 2 saturated heterocycles. The number of nitrogens with zero attached hydrogens (tertiary/aromatic N) is 4. The molecule has 2 heterocycles. The highest BCUT2D eigenvalue weighted by atomic mass is 127. The maximum atomic E-state index is 12.8. The summed E-state index contributed by atoms with van der Waals surface area (Å²) < 4.78 is 0. The van der Waals surface area contributed by atoms with E-state index in [0.29, 0.717) is 6.54 Å². The summed E-state index contributed by atoms with van der Waals surface area (Å²) in [4.78, 5) is 24.1. The predicted octanol–water partition coefficient (Wildman–Crippen LogP) is 2.25. The fourth-order valence-corrected chi connectivity index (χ4v) is 5.08. The van der Waals surface area contributed by atoms with Gasteiger partial charge in [-0.15, -0.1) is 24.0 Å². The van der Waals surface area contributed by atoms with Crippen LogP contribution in [0.5, 0.6) is 0 Å². The summed E-state index contributed by atoms with van der Waals surface area (Å²) in [6.07, 6.45) is 8.27. The molecule has 1 saturated carbocycles. The largest absolute Gasteiger partial charge is 0.355 e. The van der Waals surface area contributed by atoms with Crippen LogP contribution in [0.2, 0.25) is 0 Å². The smallest absolute Gasteiger partial charge is 0.230 e. The molecule has 0 radical (unpaired) electrons. The van der Waals surface area contributed by atoms with E-state index in [1.807, 2.05) is 21.1 Å². The second-order valence-electron chi connectivity index (χ2n) is 8.70. The molecule has 1 unspecified atom stereocenters. The molecule has 6 nitrogen and oxygen atoms in total. The molecule has 0 aromatic rings. The first-order chi connectivity index (χ1) is 12.5. The molecule has 7 heteroatoms. The number of nitrogens with one attached hydrogen (secondary N) is 1. The van der Waals surface area contributed by atoms with Gasteiger partial charge in [0.1, 0.15) is 0 Å². The van der Waals surface area contributed by atoms with E-state index >= 15 is 0 Å². The van der Waals surface area contributed by atoms with E-state index in [2.05, 4.69) is 20.1 Å². The number of rotatable bonds is 5. The molecule has 1 aliphatic carbocycles. The van der Waals surface area contributed by atoms with Crippen molar-refractivity contribution in [2.45, 2.75) is 44.9 Å². The van der Waals surface area contributed by atoms with Gasteiger partial charge in [0, 0.05) is 47.3 Å². The van der Waals surface area contributed by atoms with Crippen LogP contribution in [-0.4, -0.2) is 87.0 Å². The molecule has 2 aliphatic heterocycles. The molecule has 1 atom stereocenters. The minimum absolute atomic E-state index is 0. The van der Waals surface area contributed by atoms with E-state index in [-0.39, 0.29) is 35.3 Å². The van der Waals surface area contributed by atoms with Crippen LogP contribution < -0.4 is 5.32 Å². The Kier molecular flexibility index (Phi) is 8.65. The SMILES string of the molecule is CN=C(NCC1(C(=O)N(C)C)CCCC1)N1CCC(CN2CCCC2)C1.I. The molecule has 0 aromatic heterocycles. The lowest BCUT2D eigenvalue weighted by Gasteiger charge is -2.32. The Hall–Kier alpha value is -0.570. The molecule has 1 amide bonds. The number of hydrogen-bond donors (Lipinski definition) is 1. The van der Waals surface area contributed by atoms with Gasteiger partial charge in [-0.1, -0.05) is 12.8 Å². The van der Waals surface area contributed by atoms with Crippen molar-refractivity contribution >= 4 is 35.8 Å². The van der Waals surface area contributed by atoms with Gasteiger partial charge in [-0.05, 0) is 51.1 Å². The third kappa shape index (κ3) is 5.49. The molecule has 0 bridgehead atoms. The van der Waals surface area contributed by atoms with Gasteiger partial charge in [0.15, 0.2) is 5.96 Å². The Bertz CT molecular complexity index is 513. The minimum atomic E-state index is -0.242. The summed E-state index contributed by atoms with van der Waals surface area (Å²) >= 11 is 0. The van der Waals surface area contributed by atoms with Gasteiger partial charge < -0.3 is 20.0 Å². The second-order valence-corrected chi connectivity index (χ2v) is 8.70. The van der Waals surface area contributed by atoms with Crippen LogP contribution in [0.1, 0.15) is 44.9 Å². The third-order valence-electron chi connectivity index (χ3n) is 6.52. The van der Waals surface area contributed by atoms with Crippen molar-refractivity contribution in [2.75, 3.05) is 60.4 Å². The summed E-state index contributed by atoms with van der Waals surface area (Å²) in [6, 6.07) is 0. The molecular weight excluding hydrogens is 453 g/mol. The standard InChI is InChI=1S/C20H37N5O.HI/c1-21-19(22-16-20(9-4-5-10-20)18(26)23(2)3)25-13-8-17(15-25)14-24-11-6-7-12-24;/h17H,4-16H2,1-3H3,(H,21,22);1H. The Morgan fingerprint density at radius 3 is 2.41 bits per heavy atom. The van der Waals surface area contributed by atoms with Crippen molar-refractivity contribution in [3.63, 3.8) is 0 Å². The molecule has 1 N–H and O–H groups in total. The van der Waals surface area contributed by atoms with Crippen LogP contribution >= 0.6 is 24.0 Å². The number of halogens is 1. The van der Waals surface area contributed by atoms with Crippen molar-refractivity contribution in [3.05, 3.63) is 0 Å². The second kappa shape index (κ2) is 10.3. The highest BCUT2D eigenvalue weighted by Crippen LogP contribution is 2.39. The Morgan fingerprint density at radius 1 is 1.15 bits per heavy atom. The highest BCUT2D eigenvalue weighted by molar-refractivity contribution is 14.0. The zero-order valence-corrected chi connectivity index (χ0v) is 19.7. The van der Waals surface area contributed by atoms with E-state index in [1.54, 1.807) is 4.90 Å². The summed E-state index contributed by atoms with van der Waals surface area (Å²) in [7, 11) is 5.62. The summed E-state index contributed by atoms with van der Waals surface area (Å²) in [5.74, 6) is 1.99. The maximum absolute atomic E-state index is 12.8. The van der Waals surface area contributed by atoms with Crippen LogP contribution in [0, 0.1) is 11.3 Å². The summed E-state index contributed by atoms with van der Waals surface area (Å²) in [5.41, 5.74) is -0.242. The van der Waals surface area contributed by atoms with E-state index < -0.39 is 0 Å². The van der Waals surface area contributed by atoms with Gasteiger partial charge in [-0.3, -0.25) is 9.79 Å². The number of guanidine groups is 1. The van der Waals surface area contributed by atoms with Gasteiger partial charge >= 0.3 is 0 Å². The Labute approximate surface area is 182 Å². The number of carbonyl (C=O) groups is 1. The van der Waals surface area contributed by atoms with Gasteiger partial charge in [-0.2, -0.15) is 0 Å².